The number of nitrogens with one attached hydrogen (secondary N) is 1. The van der Waals surface area contributed by atoms with Crippen molar-refractivity contribution in [1.82, 2.24) is 15.5 Å². The predicted molar refractivity (Wildman–Crippen MR) is 45.7 cm³/mol. The molecule has 0 radical (unpaired) electrons. The number of aryl methyl sites for hydroxylation is 1. The van der Waals surface area contributed by atoms with Crippen molar-refractivity contribution in [2.24, 2.45) is 0 Å². The summed E-state index contributed by atoms with van der Waals surface area (Å²) < 4.78 is 4.77. The minimum absolute atomic E-state index is 0.545. The summed E-state index contributed by atoms with van der Waals surface area (Å²) in [5.74, 6) is 1.20. The normalized spacial score (nSPS) is 10.2. The highest BCUT2D eigenvalue weighted by Gasteiger charge is 2.00. The Bertz CT molecular complexity index is 271. The van der Waals surface area contributed by atoms with Crippen LogP contribution in [0.4, 0.5) is 0 Å². The van der Waals surface area contributed by atoms with Gasteiger partial charge in [0.2, 0.25) is 5.89 Å². The summed E-state index contributed by atoms with van der Waals surface area (Å²) in [6.07, 6.45) is 0. The highest BCUT2D eigenvalue weighted by atomic mass is 35.5. The average molecular weight is 188 g/mol. The molecule has 0 saturated heterocycles. The first-order valence-electron chi connectivity index (χ1n) is 3.51. The van der Waals surface area contributed by atoms with E-state index in [2.05, 4.69) is 22.0 Å². The minimum Gasteiger partial charge on any atom is -0.340 e. The number of halogens is 1. The maximum absolute atomic E-state index is 5.53. The van der Waals surface area contributed by atoms with Crippen LogP contribution in [0.25, 0.3) is 0 Å². The van der Waals surface area contributed by atoms with E-state index in [1.54, 1.807) is 6.92 Å². The summed E-state index contributed by atoms with van der Waals surface area (Å²) in [5, 5.41) is 7.25. The lowest BCUT2D eigenvalue weighted by atomic mass is 10.5. The Morgan fingerprint density at radius 2 is 2.50 bits per heavy atom. The second-order valence-electron chi connectivity index (χ2n) is 2.35. The first kappa shape index (κ1) is 9.22. The van der Waals surface area contributed by atoms with E-state index < -0.39 is 0 Å². The maximum Gasteiger partial charge on any atom is 0.223 e. The van der Waals surface area contributed by atoms with Crippen molar-refractivity contribution in [3.05, 3.63) is 23.3 Å². The second kappa shape index (κ2) is 4.23. The Labute approximate surface area is 75.6 Å². The Morgan fingerprint density at radius 1 is 1.75 bits per heavy atom. The lowest BCUT2D eigenvalue weighted by Gasteiger charge is -1.96. The summed E-state index contributed by atoms with van der Waals surface area (Å²) >= 11 is 5.53. The van der Waals surface area contributed by atoms with Gasteiger partial charge in [0.05, 0.1) is 6.54 Å². The Hall–Kier alpha value is -0.870. The van der Waals surface area contributed by atoms with Gasteiger partial charge < -0.3 is 9.84 Å². The van der Waals surface area contributed by atoms with Gasteiger partial charge in [-0.3, -0.25) is 0 Å². The van der Waals surface area contributed by atoms with E-state index in [0.717, 1.165) is 0 Å². The van der Waals surface area contributed by atoms with Crippen LogP contribution in [0.3, 0.4) is 0 Å². The Balaban J connectivity index is 2.29. The molecule has 0 spiro atoms. The summed E-state index contributed by atoms with van der Waals surface area (Å²) in [6, 6.07) is 0. The molecule has 1 rings (SSSR count). The SMILES string of the molecule is C=C(Cl)CNCc1noc(C)n1. The number of aromatic nitrogens is 2. The molecule has 0 bridgehead atoms. The van der Waals surface area contributed by atoms with Gasteiger partial charge in [0, 0.05) is 18.5 Å². The molecule has 66 valence electrons. The van der Waals surface area contributed by atoms with Gasteiger partial charge in [0.15, 0.2) is 5.82 Å². The molecule has 5 heteroatoms. The molecule has 1 N–H and O–H groups in total. The lowest BCUT2D eigenvalue weighted by molar-refractivity contribution is 0.386. The third-order valence-electron chi connectivity index (χ3n) is 1.17. The van der Waals surface area contributed by atoms with Crippen molar-refractivity contribution in [3.63, 3.8) is 0 Å². The fraction of sp³-hybridized carbons (Fsp3) is 0.429. The van der Waals surface area contributed by atoms with Crippen LogP contribution in [0.2, 0.25) is 0 Å². The Morgan fingerprint density at radius 3 is 3.00 bits per heavy atom. The fourth-order valence-electron chi connectivity index (χ4n) is 0.723. The van der Waals surface area contributed by atoms with Gasteiger partial charge in [-0.2, -0.15) is 4.98 Å². The smallest absolute Gasteiger partial charge is 0.223 e. The van der Waals surface area contributed by atoms with Crippen LogP contribution < -0.4 is 5.32 Å². The van der Waals surface area contributed by atoms with Crippen molar-refractivity contribution in [1.29, 1.82) is 0 Å². The fourth-order valence-corrected chi connectivity index (χ4v) is 0.818. The topological polar surface area (TPSA) is 51.0 Å². The summed E-state index contributed by atoms with van der Waals surface area (Å²) in [7, 11) is 0. The monoisotopic (exact) mass is 187 g/mol. The molecule has 0 unspecified atom stereocenters. The number of nitrogens with zero attached hydrogens (tertiary/aromatic N) is 2. The molecule has 1 heterocycles. The van der Waals surface area contributed by atoms with Crippen molar-refractivity contribution in [2.75, 3.05) is 6.54 Å². The van der Waals surface area contributed by atoms with Gasteiger partial charge in [-0.1, -0.05) is 23.3 Å². The summed E-state index contributed by atoms with van der Waals surface area (Å²) in [6.45, 7) is 6.37. The average Bonchev–Trinajstić information content (AvgIpc) is 2.35. The molecule has 0 aliphatic rings. The molecule has 0 amide bonds. The largest absolute Gasteiger partial charge is 0.340 e. The quantitative estimate of drug-likeness (QED) is 0.770. The number of hydrogen-bond donors (Lipinski definition) is 1. The zero-order chi connectivity index (χ0) is 8.97. The van der Waals surface area contributed by atoms with Crippen LogP contribution in [0.1, 0.15) is 11.7 Å². The van der Waals surface area contributed by atoms with E-state index in [-0.39, 0.29) is 0 Å². The molecular weight excluding hydrogens is 178 g/mol. The first-order chi connectivity index (χ1) is 5.68. The third kappa shape index (κ3) is 3.02. The highest BCUT2D eigenvalue weighted by Crippen LogP contribution is 1.96. The Kier molecular flexibility index (Phi) is 3.25. The van der Waals surface area contributed by atoms with Crippen LogP contribution in [0.5, 0.6) is 0 Å². The summed E-state index contributed by atoms with van der Waals surface area (Å²) in [4.78, 5) is 3.99. The van der Waals surface area contributed by atoms with E-state index in [1.165, 1.54) is 0 Å². The van der Waals surface area contributed by atoms with E-state index in [1.807, 2.05) is 0 Å². The van der Waals surface area contributed by atoms with Crippen LogP contribution in [-0.2, 0) is 6.54 Å². The lowest BCUT2D eigenvalue weighted by Crippen LogP contribution is -2.15. The standard InChI is InChI=1S/C7H10ClN3O/c1-5(8)3-9-4-7-10-6(2)12-11-7/h9H,1,3-4H2,2H3. The molecular formula is C7H10ClN3O. The minimum atomic E-state index is 0.545. The van der Waals surface area contributed by atoms with Crippen molar-refractivity contribution in [2.45, 2.75) is 13.5 Å². The molecule has 0 fully saturated rings. The van der Waals surface area contributed by atoms with Crippen LogP contribution >= 0.6 is 11.6 Å². The molecule has 0 aromatic carbocycles. The van der Waals surface area contributed by atoms with Crippen LogP contribution in [-0.4, -0.2) is 16.7 Å². The zero-order valence-corrected chi connectivity index (χ0v) is 7.56. The van der Waals surface area contributed by atoms with Gasteiger partial charge in [-0.05, 0) is 0 Å². The van der Waals surface area contributed by atoms with Gasteiger partial charge in [-0.25, -0.2) is 0 Å². The molecule has 0 atom stereocenters. The van der Waals surface area contributed by atoms with Gasteiger partial charge >= 0.3 is 0 Å². The van der Waals surface area contributed by atoms with Gasteiger partial charge in [0.1, 0.15) is 0 Å². The van der Waals surface area contributed by atoms with Gasteiger partial charge in [0.25, 0.3) is 0 Å². The third-order valence-corrected chi connectivity index (χ3v) is 1.30. The molecule has 4 nitrogen and oxygen atoms in total. The molecule has 0 aliphatic heterocycles. The van der Waals surface area contributed by atoms with Crippen molar-refractivity contribution in [3.8, 4) is 0 Å². The maximum atomic E-state index is 5.53. The van der Waals surface area contributed by atoms with Crippen LogP contribution in [0, 0.1) is 6.92 Å². The van der Waals surface area contributed by atoms with E-state index in [9.17, 15) is 0 Å². The number of hydrogen-bond acceptors (Lipinski definition) is 4. The molecule has 1 aromatic rings. The van der Waals surface area contributed by atoms with E-state index in [4.69, 9.17) is 16.1 Å². The van der Waals surface area contributed by atoms with Crippen molar-refractivity contribution < 1.29 is 4.52 Å². The summed E-state index contributed by atoms with van der Waals surface area (Å²) in [5.41, 5.74) is 0. The number of rotatable bonds is 4. The molecule has 0 aliphatic carbocycles. The molecule has 0 saturated carbocycles. The van der Waals surface area contributed by atoms with Gasteiger partial charge in [-0.15, -0.1) is 0 Å². The zero-order valence-electron chi connectivity index (χ0n) is 6.80. The van der Waals surface area contributed by atoms with Crippen molar-refractivity contribution >= 4 is 11.6 Å². The first-order valence-corrected chi connectivity index (χ1v) is 3.89. The molecule has 1 aromatic heterocycles. The molecule has 12 heavy (non-hydrogen) atoms. The highest BCUT2D eigenvalue weighted by molar-refractivity contribution is 6.29. The van der Waals surface area contributed by atoms with Crippen LogP contribution in [0.15, 0.2) is 16.1 Å². The predicted octanol–water partition coefficient (Wildman–Crippen LogP) is 1.22. The van der Waals surface area contributed by atoms with E-state index in [0.29, 0.717) is 29.8 Å². The van der Waals surface area contributed by atoms with E-state index >= 15 is 0 Å². The second-order valence-corrected chi connectivity index (χ2v) is 2.88.